The van der Waals surface area contributed by atoms with Crippen LogP contribution in [0.2, 0.25) is 5.02 Å². The minimum atomic E-state index is -0.125. The monoisotopic (exact) mass is 418 g/mol. The highest BCUT2D eigenvalue weighted by Gasteiger charge is 2.30. The number of nitrogens with one attached hydrogen (secondary N) is 1. The lowest BCUT2D eigenvalue weighted by atomic mass is 9.99. The first-order chi connectivity index (χ1) is 14.5. The molecular formula is C26H27ClN2O. The van der Waals surface area contributed by atoms with Crippen LogP contribution in [-0.4, -0.2) is 23.4 Å². The highest BCUT2D eigenvalue weighted by atomic mass is 35.5. The first kappa shape index (κ1) is 20.6. The summed E-state index contributed by atoms with van der Waals surface area (Å²) in [6.45, 7) is 5.96. The fourth-order valence-electron chi connectivity index (χ4n) is 4.27. The summed E-state index contributed by atoms with van der Waals surface area (Å²) >= 11 is 6.20. The molecule has 0 saturated carbocycles. The molecule has 0 spiro atoms. The summed E-state index contributed by atoms with van der Waals surface area (Å²) in [5, 5.41) is 3.56. The Bertz CT molecular complexity index is 1020. The van der Waals surface area contributed by atoms with E-state index in [0.717, 1.165) is 25.9 Å². The van der Waals surface area contributed by atoms with Crippen molar-refractivity contribution >= 4 is 23.2 Å². The van der Waals surface area contributed by atoms with Crippen LogP contribution in [0.25, 0.3) is 11.1 Å². The predicted molar refractivity (Wildman–Crippen MR) is 125 cm³/mol. The molecule has 1 atom stereocenters. The van der Waals surface area contributed by atoms with Gasteiger partial charge in [-0.3, -0.25) is 9.69 Å². The number of benzene rings is 3. The van der Waals surface area contributed by atoms with Crippen molar-refractivity contribution in [1.29, 1.82) is 0 Å². The Morgan fingerprint density at radius 3 is 2.40 bits per heavy atom. The molecule has 4 rings (SSSR count). The third-order valence-corrected chi connectivity index (χ3v) is 6.02. The molecule has 1 aliphatic rings. The quantitative estimate of drug-likeness (QED) is 0.532. The molecule has 0 bridgehead atoms. The summed E-state index contributed by atoms with van der Waals surface area (Å²) in [6.07, 6.45) is 1.90. The molecule has 1 unspecified atom stereocenters. The van der Waals surface area contributed by atoms with E-state index in [1.807, 2.05) is 18.2 Å². The van der Waals surface area contributed by atoms with Crippen LogP contribution in [0.5, 0.6) is 0 Å². The summed E-state index contributed by atoms with van der Waals surface area (Å²) in [4.78, 5) is 15.1. The molecule has 0 aliphatic carbocycles. The number of anilines is 1. The lowest BCUT2D eigenvalue weighted by Crippen LogP contribution is -2.39. The predicted octanol–water partition coefficient (Wildman–Crippen LogP) is 6.23. The van der Waals surface area contributed by atoms with Gasteiger partial charge >= 0.3 is 0 Å². The number of hydrogen-bond donors (Lipinski definition) is 1. The molecule has 0 radical (unpaired) electrons. The Balaban J connectivity index is 1.44. The van der Waals surface area contributed by atoms with Gasteiger partial charge in [-0.1, -0.05) is 77.3 Å². The van der Waals surface area contributed by atoms with Gasteiger partial charge < -0.3 is 5.32 Å². The lowest BCUT2D eigenvalue weighted by Gasteiger charge is -2.24. The summed E-state index contributed by atoms with van der Waals surface area (Å²) in [6, 6.07) is 22.6. The van der Waals surface area contributed by atoms with Gasteiger partial charge in [0.2, 0.25) is 5.91 Å². The van der Waals surface area contributed by atoms with Crippen LogP contribution in [0.1, 0.15) is 29.5 Å². The van der Waals surface area contributed by atoms with Gasteiger partial charge in [-0.25, -0.2) is 0 Å². The van der Waals surface area contributed by atoms with Crippen molar-refractivity contribution in [3.05, 3.63) is 88.4 Å². The minimum Gasteiger partial charge on any atom is -0.323 e. The van der Waals surface area contributed by atoms with Crippen LogP contribution in [0.15, 0.2) is 66.7 Å². The van der Waals surface area contributed by atoms with Crippen LogP contribution < -0.4 is 5.32 Å². The molecule has 3 aromatic carbocycles. The van der Waals surface area contributed by atoms with E-state index in [2.05, 4.69) is 66.5 Å². The second-order valence-corrected chi connectivity index (χ2v) is 8.58. The molecule has 0 aromatic heterocycles. The minimum absolute atomic E-state index is 0.0208. The highest BCUT2D eigenvalue weighted by molar-refractivity contribution is 6.33. The van der Waals surface area contributed by atoms with Crippen molar-refractivity contribution in [3.63, 3.8) is 0 Å². The Kier molecular flexibility index (Phi) is 6.21. The molecule has 3 aromatic rings. The van der Waals surface area contributed by atoms with Crippen molar-refractivity contribution in [2.75, 3.05) is 11.9 Å². The summed E-state index contributed by atoms with van der Waals surface area (Å²) in [7, 11) is 0. The van der Waals surface area contributed by atoms with Crippen molar-refractivity contribution < 1.29 is 4.79 Å². The second-order valence-electron chi connectivity index (χ2n) is 8.17. The molecular weight excluding hydrogens is 392 g/mol. The van der Waals surface area contributed by atoms with Gasteiger partial charge in [0, 0.05) is 6.54 Å². The standard InChI is InChI=1S/C26H27ClN2O/c1-18-14-19(2)16-22(15-18)21-11-9-20(10-12-21)17-29-13-5-8-25(29)26(30)28-24-7-4-3-6-23(24)27/h3-4,6-7,9-12,14-16,25H,5,8,13,17H2,1-2H3,(H,28,30). The molecule has 30 heavy (non-hydrogen) atoms. The molecule has 1 aliphatic heterocycles. The third kappa shape index (κ3) is 4.75. The number of para-hydroxylation sites is 1. The maximum atomic E-state index is 12.9. The Morgan fingerprint density at radius 1 is 1.00 bits per heavy atom. The van der Waals surface area contributed by atoms with Gasteiger partial charge in [-0.15, -0.1) is 0 Å². The fraction of sp³-hybridized carbons (Fsp3) is 0.269. The van der Waals surface area contributed by atoms with Crippen molar-refractivity contribution in [2.24, 2.45) is 0 Å². The first-order valence-electron chi connectivity index (χ1n) is 10.5. The lowest BCUT2D eigenvalue weighted by molar-refractivity contribution is -0.120. The Hall–Kier alpha value is -2.62. The average molecular weight is 419 g/mol. The van der Waals surface area contributed by atoms with Crippen LogP contribution >= 0.6 is 11.6 Å². The van der Waals surface area contributed by atoms with Crippen LogP contribution in [0.3, 0.4) is 0 Å². The molecule has 1 N–H and O–H groups in total. The number of carbonyl (C=O) groups excluding carboxylic acids is 1. The van der Waals surface area contributed by atoms with E-state index in [-0.39, 0.29) is 11.9 Å². The molecule has 1 saturated heterocycles. The summed E-state index contributed by atoms with van der Waals surface area (Å²) < 4.78 is 0. The SMILES string of the molecule is Cc1cc(C)cc(-c2ccc(CN3CCCC3C(=O)Nc3ccccc3Cl)cc2)c1. The Morgan fingerprint density at radius 2 is 1.70 bits per heavy atom. The van der Waals surface area contributed by atoms with Crippen LogP contribution in [-0.2, 0) is 11.3 Å². The average Bonchev–Trinajstić information content (AvgIpc) is 3.18. The van der Waals surface area contributed by atoms with Gasteiger partial charge in [0.15, 0.2) is 0 Å². The van der Waals surface area contributed by atoms with E-state index in [1.54, 1.807) is 6.07 Å². The van der Waals surface area contributed by atoms with Crippen molar-refractivity contribution in [3.8, 4) is 11.1 Å². The number of hydrogen-bond acceptors (Lipinski definition) is 2. The van der Waals surface area contributed by atoms with Gasteiger partial charge in [-0.05, 0) is 62.1 Å². The number of amides is 1. The maximum absolute atomic E-state index is 12.9. The topological polar surface area (TPSA) is 32.3 Å². The summed E-state index contributed by atoms with van der Waals surface area (Å²) in [5.41, 5.74) is 6.92. The van der Waals surface area contributed by atoms with E-state index in [0.29, 0.717) is 10.7 Å². The number of likely N-dealkylation sites (tertiary alicyclic amines) is 1. The third-order valence-electron chi connectivity index (χ3n) is 5.69. The number of carbonyl (C=O) groups is 1. The van der Waals surface area contributed by atoms with Crippen LogP contribution in [0.4, 0.5) is 5.69 Å². The summed E-state index contributed by atoms with van der Waals surface area (Å²) in [5.74, 6) is 0.0208. The zero-order valence-electron chi connectivity index (χ0n) is 17.5. The van der Waals surface area contributed by atoms with Gasteiger partial charge in [0.25, 0.3) is 0 Å². The number of aryl methyl sites for hydroxylation is 2. The molecule has 1 fully saturated rings. The van der Waals surface area contributed by atoms with E-state index in [4.69, 9.17) is 11.6 Å². The fourth-order valence-corrected chi connectivity index (χ4v) is 4.45. The normalized spacial score (nSPS) is 16.6. The Labute approximate surface area is 183 Å². The zero-order chi connectivity index (χ0) is 21.1. The zero-order valence-corrected chi connectivity index (χ0v) is 18.2. The smallest absolute Gasteiger partial charge is 0.241 e. The largest absolute Gasteiger partial charge is 0.323 e. The maximum Gasteiger partial charge on any atom is 0.241 e. The highest BCUT2D eigenvalue weighted by Crippen LogP contribution is 2.26. The van der Waals surface area contributed by atoms with E-state index in [1.165, 1.54) is 27.8 Å². The van der Waals surface area contributed by atoms with E-state index >= 15 is 0 Å². The van der Waals surface area contributed by atoms with E-state index < -0.39 is 0 Å². The molecule has 4 heteroatoms. The molecule has 1 amide bonds. The van der Waals surface area contributed by atoms with Crippen LogP contribution in [0, 0.1) is 13.8 Å². The van der Waals surface area contributed by atoms with Gasteiger partial charge in [-0.2, -0.15) is 0 Å². The van der Waals surface area contributed by atoms with E-state index in [9.17, 15) is 4.79 Å². The number of rotatable bonds is 5. The van der Waals surface area contributed by atoms with Crippen molar-refractivity contribution in [1.82, 2.24) is 4.90 Å². The molecule has 1 heterocycles. The molecule has 3 nitrogen and oxygen atoms in total. The van der Waals surface area contributed by atoms with Gasteiger partial charge in [0.1, 0.15) is 0 Å². The first-order valence-corrected chi connectivity index (χ1v) is 10.8. The van der Waals surface area contributed by atoms with Gasteiger partial charge in [0.05, 0.1) is 16.8 Å². The number of nitrogens with zero attached hydrogens (tertiary/aromatic N) is 1. The molecule has 154 valence electrons. The second kappa shape index (κ2) is 9.03. The van der Waals surface area contributed by atoms with Crippen molar-refractivity contribution in [2.45, 2.75) is 39.3 Å². The number of halogens is 1.